The fourth-order valence-electron chi connectivity index (χ4n) is 1.88. The van der Waals surface area contributed by atoms with Gasteiger partial charge in [-0.2, -0.15) is 0 Å². The van der Waals surface area contributed by atoms with Crippen molar-refractivity contribution in [3.63, 3.8) is 0 Å². The predicted octanol–water partition coefficient (Wildman–Crippen LogP) is 0.694. The van der Waals surface area contributed by atoms with Crippen molar-refractivity contribution in [2.45, 2.75) is 32.6 Å². The summed E-state index contributed by atoms with van der Waals surface area (Å²) >= 11 is 0. The standard InChI is InChI=1S/C12H18N4O3/c1-2-3-9-13-11(15-14-9)12(19)16(7-10(17)18)6-8-4-5-8/h8H,2-7H2,1H3,(H,17,18)(H,13,14,15). The topological polar surface area (TPSA) is 99.2 Å². The smallest absolute Gasteiger partial charge is 0.323 e. The number of carboxylic acid groups (broad SMARTS) is 1. The highest BCUT2D eigenvalue weighted by molar-refractivity contribution is 5.92. The van der Waals surface area contributed by atoms with Gasteiger partial charge in [0.2, 0.25) is 5.82 Å². The third kappa shape index (κ3) is 3.77. The molecule has 104 valence electrons. The Bertz CT molecular complexity index is 467. The van der Waals surface area contributed by atoms with Crippen molar-refractivity contribution in [3.8, 4) is 0 Å². The van der Waals surface area contributed by atoms with Crippen LogP contribution in [0.15, 0.2) is 0 Å². The molecule has 7 nitrogen and oxygen atoms in total. The molecule has 0 unspecified atom stereocenters. The summed E-state index contributed by atoms with van der Waals surface area (Å²) in [7, 11) is 0. The number of carbonyl (C=O) groups excluding carboxylic acids is 1. The molecule has 0 atom stereocenters. The van der Waals surface area contributed by atoms with Crippen LogP contribution in [0.4, 0.5) is 0 Å². The van der Waals surface area contributed by atoms with Gasteiger partial charge in [-0.3, -0.25) is 14.7 Å². The molecule has 2 N–H and O–H groups in total. The second-order valence-corrected chi connectivity index (χ2v) is 4.88. The molecule has 1 saturated carbocycles. The van der Waals surface area contributed by atoms with Crippen molar-refractivity contribution in [2.24, 2.45) is 5.92 Å². The lowest BCUT2D eigenvalue weighted by Gasteiger charge is -2.18. The largest absolute Gasteiger partial charge is 0.480 e. The van der Waals surface area contributed by atoms with Crippen LogP contribution in [0.3, 0.4) is 0 Å². The number of hydrogen-bond acceptors (Lipinski definition) is 4. The van der Waals surface area contributed by atoms with Crippen LogP contribution in [-0.4, -0.2) is 50.2 Å². The number of H-pyrrole nitrogens is 1. The molecule has 1 heterocycles. The number of aromatic nitrogens is 3. The van der Waals surface area contributed by atoms with Gasteiger partial charge in [-0.05, 0) is 25.2 Å². The first kappa shape index (κ1) is 13.5. The summed E-state index contributed by atoms with van der Waals surface area (Å²) in [6.07, 6.45) is 3.74. The van der Waals surface area contributed by atoms with E-state index in [9.17, 15) is 9.59 Å². The number of aryl methyl sites for hydroxylation is 1. The zero-order chi connectivity index (χ0) is 13.8. The number of aromatic amines is 1. The highest BCUT2D eigenvalue weighted by atomic mass is 16.4. The van der Waals surface area contributed by atoms with E-state index in [-0.39, 0.29) is 12.4 Å². The number of amides is 1. The van der Waals surface area contributed by atoms with E-state index in [1.807, 2.05) is 6.92 Å². The van der Waals surface area contributed by atoms with Gasteiger partial charge in [0.1, 0.15) is 12.4 Å². The van der Waals surface area contributed by atoms with Crippen LogP contribution in [0.5, 0.6) is 0 Å². The van der Waals surface area contributed by atoms with Gasteiger partial charge in [-0.1, -0.05) is 6.92 Å². The lowest BCUT2D eigenvalue weighted by atomic mass is 10.3. The Kier molecular flexibility index (Phi) is 4.13. The summed E-state index contributed by atoms with van der Waals surface area (Å²) in [5.41, 5.74) is 0. The van der Waals surface area contributed by atoms with Gasteiger partial charge in [0.05, 0.1) is 0 Å². The van der Waals surface area contributed by atoms with Crippen LogP contribution in [-0.2, 0) is 11.2 Å². The van der Waals surface area contributed by atoms with Crippen molar-refractivity contribution in [1.29, 1.82) is 0 Å². The second-order valence-electron chi connectivity index (χ2n) is 4.88. The molecule has 7 heteroatoms. The van der Waals surface area contributed by atoms with E-state index in [1.165, 1.54) is 4.90 Å². The highest BCUT2D eigenvalue weighted by Gasteiger charge is 2.30. The van der Waals surface area contributed by atoms with E-state index in [1.54, 1.807) is 0 Å². The van der Waals surface area contributed by atoms with Gasteiger partial charge in [-0.25, -0.2) is 4.98 Å². The summed E-state index contributed by atoms with van der Waals surface area (Å²) in [6.45, 7) is 2.18. The normalized spacial score (nSPS) is 14.4. The predicted molar refractivity (Wildman–Crippen MR) is 66.6 cm³/mol. The molecule has 0 bridgehead atoms. The van der Waals surface area contributed by atoms with Gasteiger partial charge < -0.3 is 10.0 Å². The molecular weight excluding hydrogens is 248 g/mol. The molecule has 2 rings (SSSR count). The quantitative estimate of drug-likeness (QED) is 0.756. The molecule has 1 fully saturated rings. The maximum absolute atomic E-state index is 12.2. The zero-order valence-electron chi connectivity index (χ0n) is 10.9. The van der Waals surface area contributed by atoms with Crippen LogP contribution in [0.2, 0.25) is 0 Å². The molecule has 1 aliphatic carbocycles. The number of carboxylic acids is 1. The Balaban J connectivity index is 2.05. The third-order valence-electron chi connectivity index (χ3n) is 3.00. The van der Waals surface area contributed by atoms with Gasteiger partial charge in [-0.15, -0.1) is 5.10 Å². The second kappa shape index (κ2) is 5.81. The Morgan fingerprint density at radius 2 is 2.21 bits per heavy atom. The summed E-state index contributed by atoms with van der Waals surface area (Å²) in [5, 5.41) is 15.4. The Morgan fingerprint density at radius 3 is 2.79 bits per heavy atom. The number of carbonyl (C=O) groups is 2. The minimum atomic E-state index is -1.02. The molecule has 1 aliphatic rings. The number of nitrogens with zero attached hydrogens (tertiary/aromatic N) is 3. The third-order valence-corrected chi connectivity index (χ3v) is 3.00. The molecule has 0 saturated heterocycles. The van der Waals surface area contributed by atoms with Gasteiger partial charge in [0.15, 0.2) is 0 Å². The Labute approximate surface area is 111 Å². The maximum Gasteiger partial charge on any atom is 0.323 e. The molecule has 1 aromatic rings. The van der Waals surface area contributed by atoms with Crippen LogP contribution in [0, 0.1) is 5.92 Å². The molecule has 0 radical (unpaired) electrons. The average molecular weight is 266 g/mol. The van der Waals surface area contributed by atoms with E-state index < -0.39 is 11.9 Å². The zero-order valence-corrected chi connectivity index (χ0v) is 10.9. The molecule has 1 amide bonds. The molecule has 0 spiro atoms. The minimum Gasteiger partial charge on any atom is -0.480 e. The SMILES string of the molecule is CCCc1nc(C(=O)N(CC(=O)O)CC2CC2)n[nH]1. The van der Waals surface area contributed by atoms with E-state index in [0.29, 0.717) is 18.3 Å². The van der Waals surface area contributed by atoms with Gasteiger partial charge >= 0.3 is 5.97 Å². The monoisotopic (exact) mass is 266 g/mol. The first-order valence-electron chi connectivity index (χ1n) is 6.52. The lowest BCUT2D eigenvalue weighted by Crippen LogP contribution is -2.37. The van der Waals surface area contributed by atoms with Crippen LogP contribution >= 0.6 is 0 Å². The maximum atomic E-state index is 12.2. The molecular formula is C12H18N4O3. The summed E-state index contributed by atoms with van der Waals surface area (Å²) in [6, 6.07) is 0. The first-order valence-corrected chi connectivity index (χ1v) is 6.52. The van der Waals surface area contributed by atoms with Crippen molar-refractivity contribution >= 4 is 11.9 Å². The fourth-order valence-corrected chi connectivity index (χ4v) is 1.88. The van der Waals surface area contributed by atoms with Gasteiger partial charge in [0.25, 0.3) is 5.91 Å². The number of aliphatic carboxylic acids is 1. The van der Waals surface area contributed by atoms with Crippen LogP contribution in [0.25, 0.3) is 0 Å². The van der Waals surface area contributed by atoms with Crippen LogP contribution < -0.4 is 0 Å². The van der Waals surface area contributed by atoms with Crippen molar-refractivity contribution in [3.05, 3.63) is 11.6 Å². The van der Waals surface area contributed by atoms with Crippen molar-refractivity contribution in [2.75, 3.05) is 13.1 Å². The number of nitrogens with one attached hydrogen (secondary N) is 1. The van der Waals surface area contributed by atoms with E-state index in [0.717, 1.165) is 25.7 Å². The molecule has 19 heavy (non-hydrogen) atoms. The Morgan fingerprint density at radius 1 is 1.47 bits per heavy atom. The molecule has 0 aromatic carbocycles. The van der Waals surface area contributed by atoms with E-state index in [4.69, 9.17) is 5.11 Å². The average Bonchev–Trinajstić information content (AvgIpc) is 3.04. The summed E-state index contributed by atoms with van der Waals surface area (Å²) < 4.78 is 0. The number of hydrogen-bond donors (Lipinski definition) is 2. The fraction of sp³-hybridized carbons (Fsp3) is 0.667. The van der Waals surface area contributed by atoms with Gasteiger partial charge in [0, 0.05) is 13.0 Å². The summed E-state index contributed by atoms with van der Waals surface area (Å²) in [4.78, 5) is 28.4. The first-order chi connectivity index (χ1) is 9.10. The van der Waals surface area contributed by atoms with Crippen LogP contribution in [0.1, 0.15) is 42.6 Å². The van der Waals surface area contributed by atoms with E-state index >= 15 is 0 Å². The molecule has 0 aliphatic heterocycles. The summed E-state index contributed by atoms with van der Waals surface area (Å²) in [5.74, 6) is -0.276. The lowest BCUT2D eigenvalue weighted by molar-refractivity contribution is -0.137. The van der Waals surface area contributed by atoms with Crippen molar-refractivity contribution in [1.82, 2.24) is 20.1 Å². The highest BCUT2D eigenvalue weighted by Crippen LogP contribution is 2.29. The minimum absolute atomic E-state index is 0.0605. The number of rotatable bonds is 7. The van der Waals surface area contributed by atoms with E-state index in [2.05, 4.69) is 15.2 Å². The van der Waals surface area contributed by atoms with Crippen molar-refractivity contribution < 1.29 is 14.7 Å². The Hall–Kier alpha value is -1.92. The molecule has 1 aromatic heterocycles.